The van der Waals surface area contributed by atoms with Gasteiger partial charge in [0.1, 0.15) is 61.5 Å². The lowest BCUT2D eigenvalue weighted by Crippen LogP contribution is -2.69. The quantitative estimate of drug-likeness (QED) is 0.0156. The Bertz CT molecular complexity index is 5360. The molecule has 0 bridgehead atoms. The molecular formula is C100H90F3NO20. The van der Waals surface area contributed by atoms with Crippen molar-refractivity contribution in [1.29, 1.82) is 0 Å². The highest BCUT2D eigenvalue weighted by atomic mass is 19.4. The molecule has 124 heavy (non-hydrogen) atoms. The van der Waals surface area contributed by atoms with Crippen LogP contribution in [0.1, 0.15) is 74.8 Å². The maximum atomic E-state index is 16.2. The monoisotopic (exact) mass is 1680 g/mol. The van der Waals surface area contributed by atoms with Gasteiger partial charge in [-0.25, -0.2) is 24.2 Å². The molecule has 3 aliphatic heterocycles. The van der Waals surface area contributed by atoms with Crippen molar-refractivity contribution in [3.05, 3.63) is 401 Å². The van der Waals surface area contributed by atoms with Gasteiger partial charge in [0.2, 0.25) is 6.29 Å². The smallest absolute Gasteiger partial charge is 0.459 e. The van der Waals surface area contributed by atoms with E-state index < -0.39 is 141 Å². The van der Waals surface area contributed by atoms with E-state index in [-0.39, 0.29) is 74.2 Å². The molecule has 0 amide bonds. The number of aliphatic imine (C=N–C) groups is 1. The number of ether oxygens (including phenoxy) is 16. The van der Waals surface area contributed by atoms with Crippen LogP contribution in [-0.2, 0) is 115 Å². The second-order valence-corrected chi connectivity index (χ2v) is 29.6. The Hall–Kier alpha value is -12.4. The van der Waals surface area contributed by atoms with Gasteiger partial charge in [-0.3, -0.25) is 0 Å². The zero-order valence-electron chi connectivity index (χ0n) is 67.2. The van der Waals surface area contributed by atoms with Crippen molar-refractivity contribution in [2.24, 2.45) is 4.99 Å². The fraction of sp³-hybridized carbons (Fsp3) is 0.250. The van der Waals surface area contributed by atoms with Crippen LogP contribution in [0.3, 0.4) is 0 Å². The lowest BCUT2D eigenvalue weighted by atomic mass is 9.94. The second kappa shape index (κ2) is 43.1. The van der Waals surface area contributed by atoms with Crippen molar-refractivity contribution in [3.8, 4) is 0 Å². The van der Waals surface area contributed by atoms with Gasteiger partial charge in [-0.15, -0.1) is 0 Å². The van der Waals surface area contributed by atoms with Gasteiger partial charge in [-0.05, 0) is 111 Å². The van der Waals surface area contributed by atoms with E-state index in [1.54, 1.807) is 152 Å². The molecule has 0 spiro atoms. The van der Waals surface area contributed by atoms with Crippen molar-refractivity contribution >= 4 is 46.2 Å². The molecule has 3 heterocycles. The predicted octanol–water partition coefficient (Wildman–Crippen LogP) is 17.7. The number of benzene rings is 12. The highest BCUT2D eigenvalue weighted by molar-refractivity contribution is 5.91. The van der Waals surface area contributed by atoms with Crippen LogP contribution in [0.2, 0.25) is 0 Å². The van der Waals surface area contributed by atoms with Crippen LogP contribution in [0.5, 0.6) is 0 Å². The summed E-state index contributed by atoms with van der Waals surface area (Å²) in [6.45, 7) is -2.28. The van der Waals surface area contributed by atoms with Gasteiger partial charge in [-0.2, -0.15) is 13.2 Å². The average molecular weight is 1680 g/mol. The van der Waals surface area contributed by atoms with Crippen molar-refractivity contribution < 1.29 is 108 Å². The summed E-state index contributed by atoms with van der Waals surface area (Å²) >= 11 is 0. The van der Waals surface area contributed by atoms with E-state index in [1.807, 2.05) is 133 Å². The first-order chi connectivity index (χ1) is 60.8. The molecule has 15 rings (SSSR count). The van der Waals surface area contributed by atoms with Crippen molar-refractivity contribution in [1.82, 2.24) is 0 Å². The van der Waals surface area contributed by atoms with Crippen LogP contribution in [0.15, 0.2) is 351 Å². The van der Waals surface area contributed by atoms with Crippen LogP contribution in [0, 0.1) is 0 Å². The fourth-order valence-corrected chi connectivity index (χ4v) is 14.7. The molecule has 21 nitrogen and oxygen atoms in total. The van der Waals surface area contributed by atoms with Crippen LogP contribution < -0.4 is 0 Å². The van der Waals surface area contributed by atoms with Gasteiger partial charge in [-0.1, -0.05) is 279 Å². The molecule has 15 atom stereocenters. The largest absolute Gasteiger partial charge is 0.468 e. The summed E-state index contributed by atoms with van der Waals surface area (Å²) in [5.41, 5.74) is 4.10. The van der Waals surface area contributed by atoms with Gasteiger partial charge in [0.15, 0.2) is 30.9 Å². The summed E-state index contributed by atoms with van der Waals surface area (Å²) in [7, 11) is 0. The molecule has 0 radical (unpaired) electrons. The van der Waals surface area contributed by atoms with Crippen LogP contribution in [-0.4, -0.2) is 148 Å². The molecule has 3 saturated heterocycles. The molecule has 0 saturated carbocycles. The number of fused-ring (bicyclic) bond motifs is 1. The van der Waals surface area contributed by atoms with Crippen LogP contribution >= 0.6 is 0 Å². The summed E-state index contributed by atoms with van der Waals surface area (Å²) in [4.78, 5) is 65.0. The number of para-hydroxylation sites is 1. The van der Waals surface area contributed by atoms with Gasteiger partial charge in [0, 0.05) is 0 Å². The Morgan fingerprint density at radius 1 is 0.282 bits per heavy atom. The minimum atomic E-state index is -5.37. The maximum Gasteiger partial charge on any atom is 0.468 e. The Morgan fingerprint density at radius 3 is 1.05 bits per heavy atom. The third-order valence-corrected chi connectivity index (χ3v) is 20.9. The minimum absolute atomic E-state index is 0.0328. The molecule has 0 N–H and O–H groups in total. The topological polar surface area (TPSA) is 228 Å². The van der Waals surface area contributed by atoms with E-state index in [0.29, 0.717) is 22.3 Å². The number of hydrogen-bond acceptors (Lipinski definition) is 21. The Kier molecular flexibility index (Phi) is 30.1. The lowest BCUT2D eigenvalue weighted by molar-refractivity contribution is -0.386. The van der Waals surface area contributed by atoms with E-state index >= 15 is 27.6 Å². The molecule has 3 aliphatic rings. The van der Waals surface area contributed by atoms with Gasteiger partial charge in [0.25, 0.3) is 5.90 Å². The highest BCUT2D eigenvalue weighted by Crippen LogP contribution is 2.41. The van der Waals surface area contributed by atoms with Gasteiger partial charge < -0.3 is 75.8 Å². The van der Waals surface area contributed by atoms with Crippen molar-refractivity contribution in [2.75, 3.05) is 19.8 Å². The zero-order chi connectivity index (χ0) is 85.2. The second-order valence-electron chi connectivity index (χ2n) is 29.6. The van der Waals surface area contributed by atoms with Crippen LogP contribution in [0.25, 0.3) is 10.8 Å². The van der Waals surface area contributed by atoms with Crippen molar-refractivity contribution in [2.45, 2.75) is 138 Å². The molecule has 12 aromatic rings. The molecule has 3 fully saturated rings. The maximum absolute atomic E-state index is 16.2. The summed E-state index contributed by atoms with van der Waals surface area (Å²) in [5, 5.41) is 1.86. The summed E-state index contributed by atoms with van der Waals surface area (Å²) < 4.78 is 160. The molecule has 0 aliphatic carbocycles. The molecule has 0 aromatic heterocycles. The average Bonchev–Trinajstić information content (AvgIpc) is 0.670. The number of hydrogen-bond donors (Lipinski definition) is 0. The van der Waals surface area contributed by atoms with Gasteiger partial charge in [0.05, 0.1) is 80.8 Å². The SMILES string of the molecule is O=C(OCC1OC(OC2C(OC(=O)c3ccccc3)[C@H](OC(=Nc3ccccc3)C(F)(F)F)OC(COCc3ccccc3)[C@@H]2OCc2ccccc2)C(OCc2ccccc2)C(O[C@@H]2OC(COCc3ccccc3)[C@H](OCc3ccccc3)C(OCc3ccc4ccccc4c3)C2OC(=O)c2ccccc2)C1OC(=O)c1ccccc1)c1ccccc1. The number of halogens is 3. The first-order valence-corrected chi connectivity index (χ1v) is 40.7. The van der Waals surface area contributed by atoms with Crippen LogP contribution in [0.4, 0.5) is 18.9 Å². The molecule has 11 unspecified atom stereocenters. The Morgan fingerprint density at radius 2 is 0.605 bits per heavy atom. The number of esters is 4. The first kappa shape index (κ1) is 86.5. The predicted molar refractivity (Wildman–Crippen MR) is 450 cm³/mol. The summed E-state index contributed by atoms with van der Waals surface area (Å²) in [6, 6.07) is 98.5. The summed E-state index contributed by atoms with van der Waals surface area (Å²) in [5.74, 6) is -5.61. The molecular weight excluding hydrogens is 1590 g/mol. The Balaban J connectivity index is 0.931. The van der Waals surface area contributed by atoms with E-state index in [4.69, 9.17) is 75.8 Å². The normalized spacial score (nSPS) is 22.7. The molecule has 24 heteroatoms. The zero-order valence-corrected chi connectivity index (χ0v) is 67.2. The lowest BCUT2D eigenvalue weighted by Gasteiger charge is -2.51. The van der Waals surface area contributed by atoms with E-state index in [9.17, 15) is 4.79 Å². The third kappa shape index (κ3) is 23.5. The summed E-state index contributed by atoms with van der Waals surface area (Å²) in [6.07, 6.45) is -31.9. The van der Waals surface area contributed by atoms with E-state index in [0.717, 1.165) is 21.9 Å². The number of alkyl halides is 3. The minimum Gasteiger partial charge on any atom is -0.459 e. The number of nitrogens with zero attached hydrogens (tertiary/aromatic N) is 1. The third-order valence-electron chi connectivity index (χ3n) is 20.9. The Labute approximate surface area is 714 Å². The van der Waals surface area contributed by atoms with E-state index in [2.05, 4.69) is 4.99 Å². The van der Waals surface area contributed by atoms with E-state index in [1.165, 1.54) is 60.7 Å². The van der Waals surface area contributed by atoms with Gasteiger partial charge >= 0.3 is 30.1 Å². The fourth-order valence-electron chi connectivity index (χ4n) is 14.7. The van der Waals surface area contributed by atoms with Crippen molar-refractivity contribution in [3.63, 3.8) is 0 Å². The highest BCUT2D eigenvalue weighted by Gasteiger charge is 2.60. The number of rotatable bonds is 35. The standard InChI is InChI=1S/C100H90F3NO20/c101-100(102,103)99(104-79-53-29-10-30-54-79)124-98-91(121-95(108)77-50-27-9-28-51-77)87(84(112-61-70-39-17-4-18-40-70)81(117-98)65-110-59-68-35-13-2-14-36-68)122-96-89(114-62-71-41-19-5-20-42-71)88(85(119-93(106)75-46-23-7-24-47-75)82(118-96)66-115-92(105)74-44-21-6-22-45-74)123-97-90(120-94(107)76-48-25-8-26-49-76)86(113-63-72-55-56-73-43-31-32-52-78(73)57-72)83(111-60-69-37-15-3-16-38-69)80(116-97)64-109-58-67-33-11-1-12-34-67/h1-57,80-91,96-98H,58-66H2/t80?,81?,82?,83-,84-,85?,86?,87?,88?,89?,90?,91?,96?,97-,98-/m0/s1. The molecule has 12 aromatic carbocycles. The molecule has 636 valence electrons. The number of carbonyl (C=O) groups excluding carboxylic acids is 4. The number of carbonyl (C=O) groups is 4. The first-order valence-electron chi connectivity index (χ1n) is 40.7.